The lowest BCUT2D eigenvalue weighted by atomic mass is 10.0. The Morgan fingerprint density at radius 1 is 1.26 bits per heavy atom. The van der Waals surface area contributed by atoms with Crippen molar-refractivity contribution in [2.24, 2.45) is 5.41 Å². The highest BCUT2D eigenvalue weighted by atomic mass is 35.5. The van der Waals surface area contributed by atoms with E-state index in [4.69, 9.17) is 16.3 Å². The molecule has 0 bridgehead atoms. The Morgan fingerprint density at radius 2 is 2.07 bits per heavy atom. The van der Waals surface area contributed by atoms with Crippen molar-refractivity contribution in [2.75, 3.05) is 6.54 Å². The number of imidazole rings is 1. The van der Waals surface area contributed by atoms with E-state index in [0.29, 0.717) is 5.15 Å². The standard InChI is InChI=1S/C20H19ClN4O2/c21-17-16-11-23-18(24(16)9-8-22-17)15-10-20(6-7-20)13-25(15)19(26)27-12-14-4-2-1-3-5-14/h1-5,8-9,11,15H,6-7,10,12-13H2/t15-/m0/s1. The van der Waals surface area contributed by atoms with Gasteiger partial charge in [-0.05, 0) is 30.2 Å². The van der Waals surface area contributed by atoms with E-state index in [2.05, 4.69) is 9.97 Å². The molecule has 7 heteroatoms. The second-order valence-electron chi connectivity index (χ2n) is 7.48. The molecular formula is C20H19ClN4O2. The predicted molar refractivity (Wildman–Crippen MR) is 100 cm³/mol. The van der Waals surface area contributed by atoms with Crippen LogP contribution in [-0.2, 0) is 11.3 Å². The van der Waals surface area contributed by atoms with Crippen molar-refractivity contribution in [1.29, 1.82) is 0 Å². The van der Waals surface area contributed by atoms with Crippen LogP contribution in [0.5, 0.6) is 0 Å². The summed E-state index contributed by atoms with van der Waals surface area (Å²) in [5, 5.41) is 0.411. The number of halogens is 1. The maximum atomic E-state index is 12.9. The van der Waals surface area contributed by atoms with E-state index in [1.807, 2.05) is 45.8 Å². The highest BCUT2D eigenvalue weighted by molar-refractivity contribution is 6.32. The Morgan fingerprint density at radius 3 is 2.85 bits per heavy atom. The number of rotatable bonds is 3. The first-order valence-electron chi connectivity index (χ1n) is 9.10. The molecule has 6 nitrogen and oxygen atoms in total. The van der Waals surface area contributed by atoms with Gasteiger partial charge in [0.05, 0.1) is 12.2 Å². The van der Waals surface area contributed by atoms with Crippen molar-refractivity contribution in [3.05, 3.63) is 65.5 Å². The Kier molecular flexibility index (Phi) is 3.82. The molecule has 3 aromatic rings. The van der Waals surface area contributed by atoms with Crippen molar-refractivity contribution in [2.45, 2.75) is 31.9 Å². The van der Waals surface area contributed by atoms with E-state index in [1.54, 1.807) is 12.4 Å². The number of carbonyl (C=O) groups is 1. The molecule has 138 valence electrons. The normalized spacial score (nSPS) is 20.3. The van der Waals surface area contributed by atoms with E-state index in [9.17, 15) is 4.79 Å². The van der Waals surface area contributed by atoms with Gasteiger partial charge >= 0.3 is 6.09 Å². The number of hydrogen-bond acceptors (Lipinski definition) is 4. The number of amides is 1. The van der Waals surface area contributed by atoms with Gasteiger partial charge < -0.3 is 4.74 Å². The molecule has 5 rings (SSSR count). The third-order valence-corrected chi connectivity index (χ3v) is 5.93. The largest absolute Gasteiger partial charge is 0.445 e. The maximum Gasteiger partial charge on any atom is 0.410 e. The van der Waals surface area contributed by atoms with Crippen LogP contribution in [0.25, 0.3) is 5.52 Å². The predicted octanol–water partition coefficient (Wildman–Crippen LogP) is 4.25. The van der Waals surface area contributed by atoms with Crippen LogP contribution >= 0.6 is 11.6 Å². The Hall–Kier alpha value is -2.60. The highest BCUT2D eigenvalue weighted by Gasteiger charge is 2.55. The molecule has 1 aromatic carbocycles. The first-order chi connectivity index (χ1) is 13.2. The number of hydrogen-bond donors (Lipinski definition) is 0. The molecule has 2 fully saturated rings. The molecule has 1 saturated heterocycles. The maximum absolute atomic E-state index is 12.9. The molecular weight excluding hydrogens is 364 g/mol. The number of likely N-dealkylation sites (tertiary alicyclic amines) is 1. The minimum atomic E-state index is -0.287. The van der Waals surface area contributed by atoms with Gasteiger partial charge in [0, 0.05) is 18.9 Å². The third kappa shape index (κ3) is 2.94. The van der Waals surface area contributed by atoms with Gasteiger partial charge in [0.1, 0.15) is 17.9 Å². The van der Waals surface area contributed by atoms with E-state index < -0.39 is 0 Å². The van der Waals surface area contributed by atoms with Gasteiger partial charge in [-0.1, -0.05) is 41.9 Å². The van der Waals surface area contributed by atoms with Crippen molar-refractivity contribution >= 4 is 23.2 Å². The number of benzene rings is 1. The van der Waals surface area contributed by atoms with E-state index in [1.165, 1.54) is 0 Å². The summed E-state index contributed by atoms with van der Waals surface area (Å²) in [6, 6.07) is 9.62. The second kappa shape index (κ2) is 6.23. The fourth-order valence-electron chi connectivity index (χ4n) is 3.98. The molecule has 2 aliphatic rings. The summed E-state index contributed by atoms with van der Waals surface area (Å²) < 4.78 is 7.54. The fourth-order valence-corrected chi connectivity index (χ4v) is 4.18. The summed E-state index contributed by atoms with van der Waals surface area (Å²) in [5.74, 6) is 0.815. The number of carbonyl (C=O) groups excluding carboxylic acids is 1. The highest BCUT2D eigenvalue weighted by Crippen LogP contribution is 2.58. The first-order valence-corrected chi connectivity index (χ1v) is 9.48. The molecule has 1 aliphatic carbocycles. The van der Waals surface area contributed by atoms with Crippen LogP contribution in [0.4, 0.5) is 4.79 Å². The third-order valence-electron chi connectivity index (χ3n) is 5.64. The fraction of sp³-hybridized carbons (Fsp3) is 0.350. The van der Waals surface area contributed by atoms with Crippen molar-refractivity contribution in [1.82, 2.24) is 19.3 Å². The SMILES string of the molecule is O=C(OCc1ccccc1)N1CC2(CC2)C[C@H]1c1ncc2c(Cl)nccn12. The van der Waals surface area contributed by atoms with Crippen molar-refractivity contribution in [3.8, 4) is 0 Å². The molecule has 1 spiro atoms. The van der Waals surface area contributed by atoms with E-state index in [0.717, 1.165) is 42.7 Å². The van der Waals surface area contributed by atoms with Crippen LogP contribution in [0.3, 0.4) is 0 Å². The lowest BCUT2D eigenvalue weighted by molar-refractivity contribution is 0.0897. The number of ether oxygens (including phenoxy) is 1. The van der Waals surface area contributed by atoms with Crippen LogP contribution in [-0.4, -0.2) is 31.9 Å². The average molecular weight is 383 g/mol. The smallest absolute Gasteiger partial charge is 0.410 e. The van der Waals surface area contributed by atoms with Gasteiger partial charge in [0.25, 0.3) is 0 Å². The van der Waals surface area contributed by atoms with Crippen LogP contribution in [0.2, 0.25) is 5.15 Å². The number of aromatic nitrogens is 3. The zero-order valence-corrected chi connectivity index (χ0v) is 15.5. The summed E-state index contributed by atoms with van der Waals surface area (Å²) in [5.41, 5.74) is 1.95. The van der Waals surface area contributed by atoms with Gasteiger partial charge in [-0.3, -0.25) is 9.30 Å². The molecule has 1 atom stereocenters. The lowest BCUT2D eigenvalue weighted by Gasteiger charge is -2.23. The van der Waals surface area contributed by atoms with Gasteiger partial charge in [0.15, 0.2) is 5.15 Å². The van der Waals surface area contributed by atoms with Crippen LogP contribution in [0, 0.1) is 5.41 Å². The Balaban J connectivity index is 1.42. The van der Waals surface area contributed by atoms with E-state index in [-0.39, 0.29) is 24.2 Å². The van der Waals surface area contributed by atoms with Gasteiger partial charge in [-0.15, -0.1) is 0 Å². The van der Waals surface area contributed by atoms with Crippen LogP contribution < -0.4 is 0 Å². The number of nitrogens with zero attached hydrogens (tertiary/aromatic N) is 4. The molecule has 3 heterocycles. The average Bonchev–Trinajstić information content (AvgIpc) is 3.12. The van der Waals surface area contributed by atoms with Crippen LogP contribution in [0.15, 0.2) is 48.9 Å². The Bertz CT molecular complexity index is 1000. The van der Waals surface area contributed by atoms with Crippen molar-refractivity contribution in [3.63, 3.8) is 0 Å². The summed E-state index contributed by atoms with van der Waals surface area (Å²) in [7, 11) is 0. The zero-order valence-electron chi connectivity index (χ0n) is 14.7. The molecule has 2 aromatic heterocycles. The van der Waals surface area contributed by atoms with Gasteiger partial charge in [-0.25, -0.2) is 14.8 Å². The molecule has 1 amide bonds. The summed E-state index contributed by atoms with van der Waals surface area (Å²) in [4.78, 5) is 23.4. The summed E-state index contributed by atoms with van der Waals surface area (Å²) in [6.45, 7) is 0.993. The summed E-state index contributed by atoms with van der Waals surface area (Å²) in [6.07, 6.45) is 8.14. The molecule has 27 heavy (non-hydrogen) atoms. The lowest BCUT2D eigenvalue weighted by Crippen LogP contribution is -2.32. The number of fused-ring (bicyclic) bond motifs is 1. The minimum absolute atomic E-state index is 0.114. The Labute approximate surface area is 161 Å². The topological polar surface area (TPSA) is 59.7 Å². The van der Waals surface area contributed by atoms with Gasteiger partial charge in [0.2, 0.25) is 0 Å². The molecule has 0 radical (unpaired) electrons. The molecule has 0 unspecified atom stereocenters. The molecule has 1 saturated carbocycles. The zero-order chi connectivity index (χ0) is 18.4. The monoisotopic (exact) mass is 382 g/mol. The van der Waals surface area contributed by atoms with Gasteiger partial charge in [-0.2, -0.15) is 0 Å². The quantitative estimate of drug-likeness (QED) is 0.679. The minimum Gasteiger partial charge on any atom is -0.445 e. The molecule has 1 aliphatic heterocycles. The van der Waals surface area contributed by atoms with Crippen molar-refractivity contribution < 1.29 is 9.53 Å². The van der Waals surface area contributed by atoms with Crippen LogP contribution in [0.1, 0.15) is 36.7 Å². The van der Waals surface area contributed by atoms with E-state index >= 15 is 0 Å². The summed E-state index contributed by atoms with van der Waals surface area (Å²) >= 11 is 6.18. The second-order valence-corrected chi connectivity index (χ2v) is 7.84. The molecule has 0 N–H and O–H groups in total. The first kappa shape index (κ1) is 16.6.